The van der Waals surface area contributed by atoms with Gasteiger partial charge < -0.3 is 4.74 Å². The summed E-state index contributed by atoms with van der Waals surface area (Å²) in [5, 5.41) is 1.11. The van der Waals surface area contributed by atoms with E-state index in [1.807, 2.05) is 0 Å². The second-order valence-corrected chi connectivity index (χ2v) is 3.22. The van der Waals surface area contributed by atoms with Crippen molar-refractivity contribution in [3.05, 3.63) is 35.2 Å². The van der Waals surface area contributed by atoms with Gasteiger partial charge in [-0.3, -0.25) is 0 Å². The Morgan fingerprint density at radius 1 is 1.40 bits per heavy atom. The van der Waals surface area contributed by atoms with E-state index >= 15 is 0 Å². The average Bonchev–Trinajstić information content (AvgIpc) is 2.28. The van der Waals surface area contributed by atoms with Gasteiger partial charge in [0.2, 0.25) is 0 Å². The highest BCUT2D eigenvalue weighted by molar-refractivity contribution is 6.33. The summed E-state index contributed by atoms with van der Waals surface area (Å²) >= 11 is 5.85. The van der Waals surface area contributed by atoms with Crippen molar-refractivity contribution < 1.29 is 9.53 Å². The van der Waals surface area contributed by atoms with E-state index in [4.69, 9.17) is 11.6 Å². The number of fused-ring (bicyclic) bond motifs is 1. The van der Waals surface area contributed by atoms with Crippen LogP contribution in [-0.2, 0) is 4.74 Å². The van der Waals surface area contributed by atoms with E-state index < -0.39 is 5.97 Å². The third-order valence-corrected chi connectivity index (χ3v) is 2.23. The Hall–Kier alpha value is -1.68. The molecule has 0 spiro atoms. The van der Waals surface area contributed by atoms with E-state index in [1.54, 1.807) is 24.4 Å². The number of carbonyl (C=O) groups is 1. The molecule has 0 aliphatic carbocycles. The van der Waals surface area contributed by atoms with E-state index in [0.717, 1.165) is 5.39 Å². The predicted octanol–water partition coefficient (Wildman–Crippen LogP) is 2.07. The number of hydrogen-bond donors (Lipinski definition) is 0. The lowest BCUT2D eigenvalue weighted by atomic mass is 10.2. The standard InChI is InChI=1S/C10H7ClN2O2/c1-15-10(14)7-3-2-6-4-5-12-9(11)8(6)13-7/h2-5H,1H3. The topological polar surface area (TPSA) is 52.1 Å². The fraction of sp³-hybridized carbons (Fsp3) is 0.100. The smallest absolute Gasteiger partial charge is 0.356 e. The first-order valence-corrected chi connectivity index (χ1v) is 4.60. The molecular weight excluding hydrogens is 216 g/mol. The molecule has 2 aromatic rings. The van der Waals surface area contributed by atoms with Crippen LogP contribution in [0.1, 0.15) is 10.5 Å². The summed E-state index contributed by atoms with van der Waals surface area (Å²) in [5.41, 5.74) is 0.724. The maximum Gasteiger partial charge on any atom is 0.356 e. The van der Waals surface area contributed by atoms with E-state index in [1.165, 1.54) is 7.11 Å². The zero-order chi connectivity index (χ0) is 10.8. The number of esters is 1. The first kappa shape index (κ1) is 9.86. The molecule has 0 saturated carbocycles. The molecule has 0 N–H and O–H groups in total. The average molecular weight is 223 g/mol. The number of nitrogens with zero attached hydrogens (tertiary/aromatic N) is 2. The van der Waals surface area contributed by atoms with Gasteiger partial charge in [0.25, 0.3) is 0 Å². The molecule has 0 radical (unpaired) electrons. The van der Waals surface area contributed by atoms with Gasteiger partial charge in [0.1, 0.15) is 11.2 Å². The Bertz CT molecular complexity index is 528. The largest absolute Gasteiger partial charge is 0.464 e. The molecule has 0 atom stereocenters. The Kier molecular flexibility index (Phi) is 2.51. The first-order valence-electron chi connectivity index (χ1n) is 4.22. The number of ether oxygens (including phenoxy) is 1. The van der Waals surface area contributed by atoms with Crippen LogP contribution >= 0.6 is 11.6 Å². The minimum Gasteiger partial charge on any atom is -0.464 e. The highest BCUT2D eigenvalue weighted by Gasteiger charge is 2.09. The third-order valence-electron chi connectivity index (χ3n) is 1.96. The van der Waals surface area contributed by atoms with E-state index in [9.17, 15) is 4.79 Å². The van der Waals surface area contributed by atoms with Crippen LogP contribution in [0.4, 0.5) is 0 Å². The minimum absolute atomic E-state index is 0.222. The van der Waals surface area contributed by atoms with Crippen molar-refractivity contribution in [2.45, 2.75) is 0 Å². The van der Waals surface area contributed by atoms with Crippen LogP contribution in [0.25, 0.3) is 10.9 Å². The van der Waals surface area contributed by atoms with E-state index in [2.05, 4.69) is 14.7 Å². The van der Waals surface area contributed by atoms with Gasteiger partial charge in [0.05, 0.1) is 7.11 Å². The van der Waals surface area contributed by atoms with Crippen LogP contribution in [-0.4, -0.2) is 23.0 Å². The minimum atomic E-state index is -0.489. The SMILES string of the molecule is COC(=O)c1ccc2ccnc(Cl)c2n1. The summed E-state index contributed by atoms with van der Waals surface area (Å²) in [6.45, 7) is 0. The van der Waals surface area contributed by atoms with Gasteiger partial charge in [0, 0.05) is 11.6 Å². The fourth-order valence-corrected chi connectivity index (χ4v) is 1.44. The maximum absolute atomic E-state index is 11.2. The summed E-state index contributed by atoms with van der Waals surface area (Å²) in [5.74, 6) is -0.489. The molecule has 2 rings (SSSR count). The number of aromatic nitrogens is 2. The van der Waals surface area contributed by atoms with Crippen LogP contribution in [0.15, 0.2) is 24.4 Å². The van der Waals surface area contributed by atoms with Crippen LogP contribution in [0.2, 0.25) is 5.15 Å². The predicted molar refractivity (Wildman–Crippen MR) is 55.9 cm³/mol. The maximum atomic E-state index is 11.2. The Balaban J connectivity index is 2.64. The number of pyridine rings is 2. The molecule has 0 unspecified atom stereocenters. The monoisotopic (exact) mass is 222 g/mol. The van der Waals surface area contributed by atoms with Crippen molar-refractivity contribution in [1.29, 1.82) is 0 Å². The molecule has 15 heavy (non-hydrogen) atoms. The zero-order valence-corrected chi connectivity index (χ0v) is 8.65. The molecule has 0 bridgehead atoms. The summed E-state index contributed by atoms with van der Waals surface area (Å²) in [7, 11) is 1.30. The quantitative estimate of drug-likeness (QED) is 0.548. The molecular formula is C10H7ClN2O2. The molecule has 0 aliphatic heterocycles. The normalized spacial score (nSPS) is 10.3. The lowest BCUT2D eigenvalue weighted by molar-refractivity contribution is 0.0594. The van der Waals surface area contributed by atoms with Crippen molar-refractivity contribution in [3.8, 4) is 0 Å². The molecule has 0 fully saturated rings. The van der Waals surface area contributed by atoms with Gasteiger partial charge in [-0.1, -0.05) is 17.7 Å². The number of hydrogen-bond acceptors (Lipinski definition) is 4. The van der Waals surface area contributed by atoms with Crippen molar-refractivity contribution in [3.63, 3.8) is 0 Å². The molecule has 4 nitrogen and oxygen atoms in total. The van der Waals surface area contributed by atoms with Crippen LogP contribution in [0.3, 0.4) is 0 Å². The van der Waals surface area contributed by atoms with Crippen molar-refractivity contribution in [2.24, 2.45) is 0 Å². The van der Waals surface area contributed by atoms with Crippen molar-refractivity contribution in [1.82, 2.24) is 9.97 Å². The van der Waals surface area contributed by atoms with Gasteiger partial charge in [-0.2, -0.15) is 0 Å². The summed E-state index contributed by atoms with van der Waals surface area (Å²) < 4.78 is 4.56. The molecule has 2 aromatic heterocycles. The number of carbonyl (C=O) groups excluding carboxylic acids is 1. The third kappa shape index (κ3) is 1.76. The van der Waals surface area contributed by atoms with Crippen molar-refractivity contribution >= 4 is 28.5 Å². The highest BCUT2D eigenvalue weighted by Crippen LogP contribution is 2.19. The fourth-order valence-electron chi connectivity index (χ4n) is 1.23. The number of methoxy groups -OCH3 is 1. The van der Waals surface area contributed by atoms with Gasteiger partial charge in [-0.25, -0.2) is 14.8 Å². The first-order chi connectivity index (χ1) is 7.22. The molecule has 2 heterocycles. The summed E-state index contributed by atoms with van der Waals surface area (Å²) in [6, 6.07) is 5.11. The Labute approximate surface area is 90.9 Å². The molecule has 0 aromatic carbocycles. The van der Waals surface area contributed by atoms with Crippen LogP contribution in [0, 0.1) is 0 Å². The second kappa shape index (κ2) is 3.82. The molecule has 0 saturated heterocycles. The number of rotatable bonds is 1. The molecule has 5 heteroatoms. The van der Waals surface area contributed by atoms with Gasteiger partial charge in [-0.05, 0) is 12.1 Å². The Morgan fingerprint density at radius 3 is 2.93 bits per heavy atom. The van der Waals surface area contributed by atoms with E-state index in [-0.39, 0.29) is 10.8 Å². The summed E-state index contributed by atoms with van der Waals surface area (Å²) in [6.07, 6.45) is 1.59. The van der Waals surface area contributed by atoms with Crippen molar-refractivity contribution in [2.75, 3.05) is 7.11 Å². The lowest BCUT2D eigenvalue weighted by Crippen LogP contribution is -2.04. The van der Waals surface area contributed by atoms with Crippen LogP contribution < -0.4 is 0 Å². The summed E-state index contributed by atoms with van der Waals surface area (Å²) in [4.78, 5) is 19.2. The number of halogens is 1. The highest BCUT2D eigenvalue weighted by atomic mass is 35.5. The Morgan fingerprint density at radius 2 is 2.20 bits per heavy atom. The zero-order valence-electron chi connectivity index (χ0n) is 7.90. The molecule has 0 amide bonds. The molecule has 76 valence electrons. The van der Waals surface area contributed by atoms with Gasteiger partial charge in [0.15, 0.2) is 5.15 Å². The molecule has 0 aliphatic rings. The van der Waals surface area contributed by atoms with Gasteiger partial charge >= 0.3 is 5.97 Å². The lowest BCUT2D eigenvalue weighted by Gasteiger charge is -2.01. The van der Waals surface area contributed by atoms with Crippen LogP contribution in [0.5, 0.6) is 0 Å². The van der Waals surface area contributed by atoms with E-state index in [0.29, 0.717) is 5.52 Å². The second-order valence-electron chi connectivity index (χ2n) is 2.86. The van der Waals surface area contributed by atoms with Gasteiger partial charge in [-0.15, -0.1) is 0 Å².